The second kappa shape index (κ2) is 21.6. The summed E-state index contributed by atoms with van der Waals surface area (Å²) in [4.78, 5) is 4.44. The molecule has 3 fully saturated rings. The highest BCUT2D eigenvalue weighted by Crippen LogP contribution is 2.44. The quantitative estimate of drug-likeness (QED) is 0.324. The predicted molar refractivity (Wildman–Crippen MR) is 197 cm³/mol. The molecule has 6 rings (SSSR count). The van der Waals surface area contributed by atoms with Crippen molar-refractivity contribution in [1.82, 2.24) is 5.43 Å². The Hall–Kier alpha value is -1.12. The Balaban J connectivity index is -0.000000526. The molecule has 0 spiro atoms. The molecular formula is C39H81N3. The van der Waals surface area contributed by atoms with Crippen molar-refractivity contribution >= 4 is 12.4 Å². The summed E-state index contributed by atoms with van der Waals surface area (Å²) >= 11 is 0. The van der Waals surface area contributed by atoms with E-state index in [0.717, 1.165) is 71.6 Å². The van der Waals surface area contributed by atoms with Gasteiger partial charge in [-0.3, -0.25) is 4.99 Å². The van der Waals surface area contributed by atoms with Crippen LogP contribution in [0.5, 0.6) is 0 Å². The maximum Gasteiger partial charge on any atom is 0.0521 e. The van der Waals surface area contributed by atoms with Crippen LogP contribution in [0.2, 0.25) is 0 Å². The summed E-state index contributed by atoms with van der Waals surface area (Å²) in [5, 5.41) is 4.19. The lowest BCUT2D eigenvalue weighted by molar-refractivity contribution is 0.151. The third-order valence-electron chi connectivity index (χ3n) is 10.8. The normalized spacial score (nSPS) is 34.9. The zero-order valence-corrected chi connectivity index (χ0v) is 30.4. The van der Waals surface area contributed by atoms with E-state index in [4.69, 9.17) is 0 Å². The van der Waals surface area contributed by atoms with E-state index in [9.17, 15) is 0 Å². The van der Waals surface area contributed by atoms with E-state index in [1.54, 1.807) is 0 Å². The molecule has 252 valence electrons. The first-order valence-corrected chi connectivity index (χ1v) is 18.8. The van der Waals surface area contributed by atoms with Crippen LogP contribution in [-0.2, 0) is 0 Å². The second-order valence-corrected chi connectivity index (χ2v) is 13.9. The van der Waals surface area contributed by atoms with Crippen molar-refractivity contribution in [3.63, 3.8) is 0 Å². The molecule has 42 heavy (non-hydrogen) atoms. The summed E-state index contributed by atoms with van der Waals surface area (Å²) in [6, 6.07) is 0.658. The molecule has 3 saturated carbocycles. The number of allylic oxidation sites excluding steroid dienone is 2. The van der Waals surface area contributed by atoms with Crippen LogP contribution >= 0.6 is 0 Å². The lowest BCUT2D eigenvalue weighted by atomic mass is 9.69. The minimum absolute atomic E-state index is 0. The molecule has 4 aliphatic carbocycles. The summed E-state index contributed by atoms with van der Waals surface area (Å²) in [7, 11) is 0. The molecular weight excluding hydrogens is 510 g/mol. The van der Waals surface area contributed by atoms with E-state index in [1.165, 1.54) is 64.2 Å². The molecule has 2 aliphatic heterocycles. The van der Waals surface area contributed by atoms with Gasteiger partial charge in [0.05, 0.1) is 6.04 Å². The molecule has 2 heterocycles. The number of nitrogens with one attached hydrogen (secondary N) is 1. The summed E-state index contributed by atoms with van der Waals surface area (Å²) in [5.74, 6) is 9.82. The number of rotatable bonds is 3. The highest BCUT2D eigenvalue weighted by molar-refractivity contribution is 5.64. The second-order valence-electron chi connectivity index (χ2n) is 13.9. The fraction of sp³-hybridized carbons (Fsp3) is 0.897. The Labute approximate surface area is 269 Å². The van der Waals surface area contributed by atoms with Crippen molar-refractivity contribution in [2.24, 2.45) is 75.2 Å². The van der Waals surface area contributed by atoms with E-state index in [-0.39, 0.29) is 4.28 Å². The molecule has 3 heteroatoms. The molecule has 0 amide bonds. The molecule has 0 aromatic carbocycles. The molecule has 3 nitrogen and oxygen atoms in total. The Kier molecular flexibility index (Phi) is 20.0. The molecule has 9 unspecified atom stereocenters. The van der Waals surface area contributed by atoms with Gasteiger partial charge in [-0.1, -0.05) is 114 Å². The Morgan fingerprint density at radius 3 is 1.74 bits per heavy atom. The SMILES string of the molecule is CC.CC.CC.CC(C)C1CCCC2C=CCC21.CC(C)C1CCCC2C=NCC21.CC(C)C1CCCC2NN=CC21.[2HH].[2HH].[2HH]. The van der Waals surface area contributed by atoms with Crippen LogP contribution < -0.4 is 5.43 Å². The topological polar surface area (TPSA) is 36.8 Å². The maximum absolute atomic E-state index is 4.44. The molecule has 0 saturated heterocycles. The minimum atomic E-state index is 0. The molecule has 0 aromatic rings. The summed E-state index contributed by atoms with van der Waals surface area (Å²) in [6.45, 7) is 27.3. The first-order valence-electron chi connectivity index (χ1n) is 18.8. The zero-order chi connectivity index (χ0) is 31.7. The van der Waals surface area contributed by atoms with Crippen molar-refractivity contribution < 1.29 is 4.28 Å². The van der Waals surface area contributed by atoms with Crippen molar-refractivity contribution in [2.45, 2.75) is 153 Å². The summed E-state index contributed by atoms with van der Waals surface area (Å²) < 4.78 is 0. The first-order chi connectivity index (χ1) is 20.4. The number of hydrogen-bond acceptors (Lipinski definition) is 3. The van der Waals surface area contributed by atoms with Gasteiger partial charge in [0.15, 0.2) is 0 Å². The van der Waals surface area contributed by atoms with Gasteiger partial charge in [0, 0.05) is 29.2 Å². The van der Waals surface area contributed by atoms with Crippen LogP contribution in [0.1, 0.15) is 152 Å². The molecule has 1 N–H and O–H groups in total. The van der Waals surface area contributed by atoms with Crippen LogP contribution in [0.25, 0.3) is 0 Å². The summed E-state index contributed by atoms with van der Waals surface area (Å²) in [6.07, 6.45) is 23.4. The average molecular weight is 595 g/mol. The van der Waals surface area contributed by atoms with Crippen LogP contribution in [-0.4, -0.2) is 25.0 Å². The number of hydrazone groups is 1. The van der Waals surface area contributed by atoms with Gasteiger partial charge in [0.1, 0.15) is 0 Å². The largest absolute Gasteiger partial charge is 0.307 e. The highest BCUT2D eigenvalue weighted by Gasteiger charge is 2.37. The Bertz CT molecular complexity index is 725. The van der Waals surface area contributed by atoms with Crippen LogP contribution in [0.15, 0.2) is 22.2 Å². The minimum Gasteiger partial charge on any atom is -0.307 e. The van der Waals surface area contributed by atoms with Crippen molar-refractivity contribution in [2.75, 3.05) is 6.54 Å². The standard InChI is InChI=1S/C12H20.C11H19N.C10H18N2.3C2H6.3H2/c1-9(2)11-7-3-5-10-6-4-8-12(10)11;1-8(2)10-5-3-4-9-6-12-7-11(9)10;1-7(2)8-4-3-5-10-9(8)6-11-12-10;3*1-2;;;/h4,6,9-12H,3,5,7-8H2,1-2H3;6,8-11H,3-5,7H2,1-2H3;6-10,12H,3-5H2,1-2H3;3*1-2H3;3*1H/i;;;;;;3*1+1. The van der Waals surface area contributed by atoms with Crippen LogP contribution in [0.4, 0.5) is 0 Å². The lowest BCUT2D eigenvalue weighted by Gasteiger charge is -2.36. The van der Waals surface area contributed by atoms with Crippen LogP contribution in [0.3, 0.4) is 0 Å². The van der Waals surface area contributed by atoms with Gasteiger partial charge in [0.2, 0.25) is 0 Å². The third-order valence-corrected chi connectivity index (χ3v) is 10.8. The Morgan fingerprint density at radius 1 is 0.619 bits per heavy atom. The van der Waals surface area contributed by atoms with Crippen molar-refractivity contribution in [3.8, 4) is 0 Å². The number of hydrogen-bond donors (Lipinski definition) is 1. The number of nitrogens with zero attached hydrogens (tertiary/aromatic N) is 2. The third kappa shape index (κ3) is 11.1. The fourth-order valence-electron chi connectivity index (χ4n) is 8.72. The first kappa shape index (κ1) is 38.9. The highest BCUT2D eigenvalue weighted by atomic mass is 15.3. The maximum atomic E-state index is 4.44. The molecule has 0 radical (unpaired) electrons. The predicted octanol–water partition coefficient (Wildman–Crippen LogP) is 12.2. The van der Waals surface area contributed by atoms with Gasteiger partial charge in [-0.15, -0.1) is 0 Å². The number of fused-ring (bicyclic) bond motifs is 3. The van der Waals surface area contributed by atoms with Gasteiger partial charge in [-0.05, 0) is 104 Å². The van der Waals surface area contributed by atoms with Gasteiger partial charge in [0.25, 0.3) is 0 Å². The molecule has 0 aromatic heterocycles. The lowest BCUT2D eigenvalue weighted by Crippen LogP contribution is -2.38. The van der Waals surface area contributed by atoms with E-state index in [0.29, 0.717) is 6.04 Å². The van der Waals surface area contributed by atoms with Crippen molar-refractivity contribution in [3.05, 3.63) is 12.2 Å². The van der Waals surface area contributed by atoms with Gasteiger partial charge in [-0.2, -0.15) is 5.10 Å². The molecule has 9 atom stereocenters. The van der Waals surface area contributed by atoms with E-state index >= 15 is 0 Å². The Morgan fingerprint density at radius 2 is 1.14 bits per heavy atom. The van der Waals surface area contributed by atoms with E-state index in [2.05, 4.69) is 81.6 Å². The fourth-order valence-corrected chi connectivity index (χ4v) is 8.72. The number of aliphatic imine (C=N–C) groups is 1. The van der Waals surface area contributed by atoms with Crippen molar-refractivity contribution in [1.29, 1.82) is 0 Å². The van der Waals surface area contributed by atoms with E-state index in [1.807, 2.05) is 41.5 Å². The average Bonchev–Trinajstić information content (AvgIpc) is 3.81. The van der Waals surface area contributed by atoms with E-state index < -0.39 is 0 Å². The van der Waals surface area contributed by atoms with Gasteiger partial charge >= 0.3 is 0 Å². The van der Waals surface area contributed by atoms with Gasteiger partial charge in [-0.25, -0.2) is 0 Å². The smallest absolute Gasteiger partial charge is 0.0521 e. The zero-order valence-electron chi connectivity index (χ0n) is 30.4. The molecule has 6 aliphatic rings. The van der Waals surface area contributed by atoms with Gasteiger partial charge < -0.3 is 5.43 Å². The summed E-state index contributed by atoms with van der Waals surface area (Å²) in [5.41, 5.74) is 3.21. The van der Waals surface area contributed by atoms with Crippen LogP contribution in [0, 0.1) is 65.1 Å². The molecule has 0 bridgehead atoms. The monoisotopic (exact) mass is 595 g/mol.